The zero-order chi connectivity index (χ0) is 10.0. The summed E-state index contributed by atoms with van der Waals surface area (Å²) in [6.07, 6.45) is 1.41. The first kappa shape index (κ1) is 9.72. The van der Waals surface area contributed by atoms with Gasteiger partial charge in [-0.05, 0) is 24.4 Å². The van der Waals surface area contributed by atoms with Gasteiger partial charge in [0.2, 0.25) is 0 Å². The number of benzene rings is 1. The van der Waals surface area contributed by atoms with Gasteiger partial charge in [0, 0.05) is 12.0 Å². The molecule has 0 aromatic heterocycles. The Labute approximate surface area is 86.5 Å². The molecule has 1 nitrogen and oxygen atoms in total. The number of hydrogen-bond donors (Lipinski definition) is 1. The molecule has 1 aliphatic carbocycles. The number of rotatable bonds is 1. The van der Waals surface area contributed by atoms with Crippen LogP contribution in [0.15, 0.2) is 30.3 Å². The maximum Gasteiger partial charge on any atom is 0.0122 e. The summed E-state index contributed by atoms with van der Waals surface area (Å²) in [6, 6.07) is 10.9. The molecule has 1 aliphatic heterocycles. The maximum atomic E-state index is 3.46. The minimum atomic E-state index is 0.543. The van der Waals surface area contributed by atoms with Gasteiger partial charge in [-0.2, -0.15) is 0 Å². The van der Waals surface area contributed by atoms with Crippen LogP contribution in [0.3, 0.4) is 0 Å². The fraction of sp³-hybridized carbons (Fsp3) is 0.538. The van der Waals surface area contributed by atoms with Gasteiger partial charge in [-0.1, -0.05) is 44.2 Å². The van der Waals surface area contributed by atoms with E-state index in [4.69, 9.17) is 0 Å². The van der Waals surface area contributed by atoms with E-state index in [2.05, 4.69) is 35.6 Å². The van der Waals surface area contributed by atoms with E-state index in [1.165, 1.54) is 19.5 Å². The summed E-state index contributed by atoms with van der Waals surface area (Å²) in [5.41, 5.74) is 2.08. The molecule has 1 saturated carbocycles. The fourth-order valence-corrected chi connectivity index (χ4v) is 2.56. The van der Waals surface area contributed by atoms with Crippen molar-refractivity contribution in [2.24, 2.45) is 5.92 Å². The Bertz CT molecular complexity index is 293. The van der Waals surface area contributed by atoms with Crippen molar-refractivity contribution in [1.82, 2.24) is 5.32 Å². The zero-order valence-corrected chi connectivity index (χ0v) is 9.09. The van der Waals surface area contributed by atoms with Crippen molar-refractivity contribution in [2.75, 3.05) is 13.1 Å². The van der Waals surface area contributed by atoms with Gasteiger partial charge in [0.05, 0.1) is 0 Å². The molecular formula is C13H19N. The van der Waals surface area contributed by atoms with Crippen LogP contribution in [0.1, 0.15) is 25.8 Å². The van der Waals surface area contributed by atoms with Crippen molar-refractivity contribution in [3.8, 4) is 0 Å². The van der Waals surface area contributed by atoms with Crippen molar-refractivity contribution in [1.29, 1.82) is 0 Å². The molecule has 2 fully saturated rings. The van der Waals surface area contributed by atoms with Crippen molar-refractivity contribution < 1.29 is 0 Å². The fourth-order valence-electron chi connectivity index (χ4n) is 2.56. The van der Waals surface area contributed by atoms with Crippen molar-refractivity contribution in [3.05, 3.63) is 35.9 Å². The Kier molecular flexibility index (Phi) is 2.60. The second-order valence-electron chi connectivity index (χ2n) is 4.05. The van der Waals surface area contributed by atoms with Crippen molar-refractivity contribution >= 4 is 0 Å². The smallest absolute Gasteiger partial charge is 0.0122 e. The Morgan fingerprint density at radius 1 is 1.21 bits per heavy atom. The van der Waals surface area contributed by atoms with Crippen LogP contribution in [0.5, 0.6) is 0 Å². The lowest BCUT2D eigenvalue weighted by Gasteiger charge is -2.10. The zero-order valence-electron chi connectivity index (χ0n) is 9.09. The van der Waals surface area contributed by atoms with E-state index in [9.17, 15) is 0 Å². The highest BCUT2D eigenvalue weighted by molar-refractivity contribution is 5.36. The van der Waals surface area contributed by atoms with Gasteiger partial charge >= 0.3 is 0 Å². The summed E-state index contributed by atoms with van der Waals surface area (Å²) in [4.78, 5) is 0. The van der Waals surface area contributed by atoms with Crippen LogP contribution in [-0.4, -0.2) is 13.1 Å². The molecule has 1 saturated heterocycles. The normalized spacial score (nSPS) is 32.9. The van der Waals surface area contributed by atoms with E-state index in [0.29, 0.717) is 5.41 Å². The second-order valence-corrected chi connectivity index (χ2v) is 4.05. The summed E-state index contributed by atoms with van der Waals surface area (Å²) in [5.74, 6) is 0.930. The summed E-state index contributed by atoms with van der Waals surface area (Å²) < 4.78 is 0. The molecule has 3 rings (SSSR count). The van der Waals surface area contributed by atoms with E-state index >= 15 is 0 Å². The summed E-state index contributed by atoms with van der Waals surface area (Å²) >= 11 is 0. The Balaban J connectivity index is 0.000000354. The molecule has 0 radical (unpaired) electrons. The number of hydrogen-bond acceptors (Lipinski definition) is 1. The average molecular weight is 189 g/mol. The first-order chi connectivity index (χ1) is 6.92. The molecule has 2 atom stereocenters. The largest absolute Gasteiger partial charge is 0.316 e. The molecule has 1 N–H and O–H groups in total. The van der Waals surface area contributed by atoms with Crippen LogP contribution >= 0.6 is 0 Å². The maximum absolute atomic E-state index is 3.46. The predicted octanol–water partition coefficient (Wildman–Crippen LogP) is 2.57. The highest BCUT2D eigenvalue weighted by Crippen LogP contribution is 2.56. The summed E-state index contributed by atoms with van der Waals surface area (Å²) in [7, 11) is 0. The number of fused-ring (bicyclic) bond motifs is 1. The topological polar surface area (TPSA) is 12.0 Å². The van der Waals surface area contributed by atoms with E-state index in [1.807, 2.05) is 13.8 Å². The van der Waals surface area contributed by atoms with E-state index < -0.39 is 0 Å². The van der Waals surface area contributed by atoms with Gasteiger partial charge in [-0.15, -0.1) is 0 Å². The first-order valence-corrected chi connectivity index (χ1v) is 5.68. The molecular weight excluding hydrogens is 170 g/mol. The van der Waals surface area contributed by atoms with Gasteiger partial charge in [0.1, 0.15) is 0 Å². The first-order valence-electron chi connectivity index (χ1n) is 5.68. The Hall–Kier alpha value is -0.820. The van der Waals surface area contributed by atoms with Gasteiger partial charge in [-0.3, -0.25) is 0 Å². The molecule has 0 amide bonds. The molecule has 1 heteroatoms. The van der Waals surface area contributed by atoms with Crippen LogP contribution in [-0.2, 0) is 5.41 Å². The third kappa shape index (κ3) is 1.36. The van der Waals surface area contributed by atoms with E-state index in [0.717, 1.165) is 5.92 Å². The lowest BCUT2D eigenvalue weighted by molar-refractivity contribution is 0.675. The number of piperidine rings is 1. The molecule has 1 heterocycles. The van der Waals surface area contributed by atoms with Gasteiger partial charge in [0.25, 0.3) is 0 Å². The molecule has 0 spiro atoms. The molecule has 1 aromatic carbocycles. The van der Waals surface area contributed by atoms with Crippen molar-refractivity contribution in [2.45, 2.75) is 25.7 Å². The van der Waals surface area contributed by atoms with Crippen molar-refractivity contribution in [3.63, 3.8) is 0 Å². The standard InChI is InChI=1S/C11H13N.C2H6/c1-2-4-9(5-3-1)11-6-10(11)7-12-8-11;1-2/h1-5,10,12H,6-8H2;1-2H3/t10-,11+;/m1./s1. The van der Waals surface area contributed by atoms with Gasteiger partial charge in [-0.25, -0.2) is 0 Å². The molecule has 2 aliphatic rings. The molecule has 14 heavy (non-hydrogen) atoms. The van der Waals surface area contributed by atoms with Gasteiger partial charge in [0.15, 0.2) is 0 Å². The highest BCUT2D eigenvalue weighted by atomic mass is 15.0. The average Bonchev–Trinajstić information content (AvgIpc) is 2.86. The molecule has 0 bridgehead atoms. The van der Waals surface area contributed by atoms with Gasteiger partial charge < -0.3 is 5.32 Å². The lowest BCUT2D eigenvalue weighted by Crippen LogP contribution is -2.18. The minimum absolute atomic E-state index is 0.543. The summed E-state index contributed by atoms with van der Waals surface area (Å²) in [6.45, 7) is 6.43. The monoisotopic (exact) mass is 189 g/mol. The third-order valence-corrected chi connectivity index (χ3v) is 3.41. The molecule has 1 aromatic rings. The van der Waals surface area contributed by atoms with Crippen LogP contribution in [0.25, 0.3) is 0 Å². The predicted molar refractivity (Wildman–Crippen MR) is 60.4 cm³/mol. The quantitative estimate of drug-likeness (QED) is 0.716. The molecule has 76 valence electrons. The van der Waals surface area contributed by atoms with Crippen LogP contribution in [0.2, 0.25) is 0 Å². The lowest BCUT2D eigenvalue weighted by atomic mass is 9.95. The minimum Gasteiger partial charge on any atom is -0.316 e. The van der Waals surface area contributed by atoms with Crippen LogP contribution < -0.4 is 5.32 Å². The second kappa shape index (κ2) is 3.74. The molecule has 0 unspecified atom stereocenters. The third-order valence-electron chi connectivity index (χ3n) is 3.41. The van der Waals surface area contributed by atoms with E-state index in [1.54, 1.807) is 5.56 Å². The highest BCUT2D eigenvalue weighted by Gasteiger charge is 2.57. The van der Waals surface area contributed by atoms with Crippen LogP contribution in [0, 0.1) is 5.92 Å². The SMILES string of the molecule is CC.c1ccc([C@]23CNC[C@H]2C3)cc1. The number of nitrogens with one attached hydrogen (secondary N) is 1. The Morgan fingerprint density at radius 3 is 2.43 bits per heavy atom. The Morgan fingerprint density at radius 2 is 1.93 bits per heavy atom. The van der Waals surface area contributed by atoms with Crippen LogP contribution in [0.4, 0.5) is 0 Å². The summed E-state index contributed by atoms with van der Waals surface area (Å²) in [5, 5.41) is 3.46. The van der Waals surface area contributed by atoms with E-state index in [-0.39, 0.29) is 0 Å².